The molecule has 0 fully saturated rings. The van der Waals surface area contributed by atoms with Crippen LogP contribution in [0.15, 0.2) is 12.2 Å². The monoisotopic (exact) mass is 214 g/mol. The molecule has 0 rings (SSSR count). The predicted octanol–water partition coefficient (Wildman–Crippen LogP) is 4.40. The number of carbonyl (C=O) groups is 1. The minimum Gasteiger partial charge on any atom is -0.478 e. The highest BCUT2D eigenvalue weighted by molar-refractivity contribution is 5.85. The zero-order chi connectivity index (χ0) is 12.1. The van der Waals surface area contributed by atoms with Crippen molar-refractivity contribution in [2.24, 2.45) is 0 Å². The number of carboxylic acid groups (broad SMARTS) is 1. The van der Waals surface area contributed by atoms with Gasteiger partial charge in [-0.2, -0.15) is 0 Å². The molecule has 2 nitrogen and oxygen atoms in total. The molecule has 0 aromatic rings. The van der Waals surface area contributed by atoms with Crippen molar-refractivity contribution in [1.82, 2.24) is 0 Å². The van der Waals surface area contributed by atoms with Crippen molar-refractivity contribution < 1.29 is 9.90 Å². The number of hydrogen-bond donors (Lipinski definition) is 1. The molecule has 0 aliphatic rings. The van der Waals surface area contributed by atoms with Crippen LogP contribution in [0.4, 0.5) is 0 Å². The Bertz CT molecular complexity index is 160. The van der Waals surface area contributed by atoms with Crippen molar-refractivity contribution in [3.8, 4) is 0 Å². The van der Waals surface area contributed by atoms with Crippen LogP contribution >= 0.6 is 0 Å². The molecular formula is C13H26O2. The van der Waals surface area contributed by atoms with Crippen molar-refractivity contribution in [2.75, 3.05) is 0 Å². The molecule has 0 amide bonds. The zero-order valence-corrected chi connectivity index (χ0v) is 10.5. The Hall–Kier alpha value is -0.790. The fraction of sp³-hybridized carbons (Fsp3) is 0.769. The van der Waals surface area contributed by atoms with Crippen LogP contribution in [-0.2, 0) is 4.79 Å². The summed E-state index contributed by atoms with van der Waals surface area (Å²) in [6.45, 7) is 9.94. The molecule has 90 valence electrons. The third-order valence-corrected chi connectivity index (χ3v) is 2.13. The van der Waals surface area contributed by atoms with E-state index in [9.17, 15) is 4.79 Å². The minimum atomic E-state index is -0.860. The Balaban J connectivity index is 0. The summed E-state index contributed by atoms with van der Waals surface area (Å²) < 4.78 is 0. The molecule has 0 aromatic heterocycles. The van der Waals surface area contributed by atoms with Gasteiger partial charge in [-0.05, 0) is 12.8 Å². The Labute approximate surface area is 94.4 Å². The van der Waals surface area contributed by atoms with Crippen LogP contribution in [0.1, 0.15) is 65.7 Å². The average Bonchev–Trinajstić information content (AvgIpc) is 2.24. The maximum atomic E-state index is 10.3. The highest BCUT2D eigenvalue weighted by Crippen LogP contribution is 2.07. The summed E-state index contributed by atoms with van der Waals surface area (Å²) in [6.07, 6.45) is 7.71. The normalized spacial score (nSPS) is 9.00. The molecule has 0 radical (unpaired) electrons. The Morgan fingerprint density at radius 2 is 1.53 bits per heavy atom. The summed E-state index contributed by atoms with van der Waals surface area (Å²) in [7, 11) is 0. The zero-order valence-electron chi connectivity index (χ0n) is 10.5. The lowest BCUT2D eigenvalue weighted by atomic mass is 10.1. The van der Waals surface area contributed by atoms with Crippen molar-refractivity contribution >= 4 is 5.97 Å². The van der Waals surface area contributed by atoms with E-state index in [0.29, 0.717) is 12.0 Å². The van der Waals surface area contributed by atoms with Crippen LogP contribution < -0.4 is 0 Å². The first-order valence-electron chi connectivity index (χ1n) is 6.01. The fourth-order valence-electron chi connectivity index (χ4n) is 0.872. The van der Waals surface area contributed by atoms with E-state index in [2.05, 4.69) is 27.4 Å². The second-order valence-electron chi connectivity index (χ2n) is 3.72. The molecule has 0 atom stereocenters. The molecular weight excluding hydrogens is 188 g/mol. The van der Waals surface area contributed by atoms with Crippen molar-refractivity contribution in [3.05, 3.63) is 12.2 Å². The van der Waals surface area contributed by atoms with Gasteiger partial charge in [-0.3, -0.25) is 0 Å². The van der Waals surface area contributed by atoms with Gasteiger partial charge in [-0.1, -0.05) is 59.5 Å². The SMILES string of the molecule is C=C(CCCCCC)C(=O)O.CCCC. The standard InChI is InChI=1S/C9H16O2.C4H10/c1-3-4-5-6-7-8(2)9(10)11;1-3-4-2/h2-7H2,1H3,(H,10,11);3-4H2,1-2H3. The number of rotatable bonds is 7. The number of aliphatic carboxylic acids is 1. The summed E-state index contributed by atoms with van der Waals surface area (Å²) in [4.78, 5) is 10.3. The molecule has 15 heavy (non-hydrogen) atoms. The summed E-state index contributed by atoms with van der Waals surface area (Å²) in [6, 6.07) is 0. The predicted molar refractivity (Wildman–Crippen MR) is 66.1 cm³/mol. The maximum Gasteiger partial charge on any atom is 0.330 e. The number of unbranched alkanes of at least 4 members (excludes halogenated alkanes) is 4. The van der Waals surface area contributed by atoms with Gasteiger partial charge in [0, 0.05) is 5.57 Å². The highest BCUT2D eigenvalue weighted by Gasteiger charge is 2.01. The van der Waals surface area contributed by atoms with Crippen LogP contribution in [0, 0.1) is 0 Å². The molecule has 0 saturated heterocycles. The first-order chi connectivity index (χ1) is 7.09. The molecule has 0 aliphatic carbocycles. The lowest BCUT2D eigenvalue weighted by molar-refractivity contribution is -0.132. The van der Waals surface area contributed by atoms with Gasteiger partial charge in [0.05, 0.1) is 0 Å². The fourth-order valence-corrected chi connectivity index (χ4v) is 0.872. The molecule has 0 aromatic carbocycles. The largest absolute Gasteiger partial charge is 0.478 e. The second-order valence-corrected chi connectivity index (χ2v) is 3.72. The van der Waals surface area contributed by atoms with E-state index in [1.807, 2.05) is 0 Å². The van der Waals surface area contributed by atoms with Crippen molar-refractivity contribution in [1.29, 1.82) is 0 Å². The van der Waals surface area contributed by atoms with E-state index in [0.717, 1.165) is 12.8 Å². The molecule has 0 saturated carbocycles. The molecule has 0 unspecified atom stereocenters. The van der Waals surface area contributed by atoms with Gasteiger partial charge in [0.15, 0.2) is 0 Å². The van der Waals surface area contributed by atoms with Crippen LogP contribution in [0.2, 0.25) is 0 Å². The van der Waals surface area contributed by atoms with E-state index in [4.69, 9.17) is 5.11 Å². The maximum absolute atomic E-state index is 10.3. The summed E-state index contributed by atoms with van der Waals surface area (Å²) in [5.41, 5.74) is 0.334. The molecule has 2 heteroatoms. The van der Waals surface area contributed by atoms with Crippen LogP contribution in [0.3, 0.4) is 0 Å². The number of carboxylic acids is 1. The van der Waals surface area contributed by atoms with Gasteiger partial charge in [-0.25, -0.2) is 4.79 Å². The van der Waals surface area contributed by atoms with Crippen molar-refractivity contribution in [3.63, 3.8) is 0 Å². The lowest BCUT2D eigenvalue weighted by Gasteiger charge is -1.98. The molecule has 0 aliphatic heterocycles. The smallest absolute Gasteiger partial charge is 0.330 e. The topological polar surface area (TPSA) is 37.3 Å². The van der Waals surface area contributed by atoms with Crippen LogP contribution in [0.5, 0.6) is 0 Å². The molecule has 1 N–H and O–H groups in total. The van der Waals surface area contributed by atoms with Gasteiger partial charge in [0.2, 0.25) is 0 Å². The minimum absolute atomic E-state index is 0.334. The van der Waals surface area contributed by atoms with Gasteiger partial charge < -0.3 is 5.11 Å². The van der Waals surface area contributed by atoms with Gasteiger partial charge in [0.25, 0.3) is 0 Å². The third-order valence-electron chi connectivity index (χ3n) is 2.13. The summed E-state index contributed by atoms with van der Waals surface area (Å²) >= 11 is 0. The van der Waals surface area contributed by atoms with E-state index < -0.39 is 5.97 Å². The van der Waals surface area contributed by atoms with Crippen LogP contribution in [0.25, 0.3) is 0 Å². The molecule has 0 heterocycles. The molecule has 0 spiro atoms. The van der Waals surface area contributed by atoms with Gasteiger partial charge in [-0.15, -0.1) is 0 Å². The summed E-state index contributed by atoms with van der Waals surface area (Å²) in [5.74, 6) is -0.860. The Kier molecular flexibility index (Phi) is 14.6. The Morgan fingerprint density at radius 1 is 1.00 bits per heavy atom. The van der Waals surface area contributed by atoms with Gasteiger partial charge >= 0.3 is 5.97 Å². The van der Waals surface area contributed by atoms with Crippen molar-refractivity contribution in [2.45, 2.75) is 65.7 Å². The lowest BCUT2D eigenvalue weighted by Crippen LogP contribution is -1.98. The first-order valence-corrected chi connectivity index (χ1v) is 6.01. The summed E-state index contributed by atoms with van der Waals surface area (Å²) in [5, 5.41) is 8.44. The quantitative estimate of drug-likeness (QED) is 0.503. The first kappa shape index (κ1) is 16.6. The number of hydrogen-bond acceptors (Lipinski definition) is 1. The third kappa shape index (κ3) is 15.9. The average molecular weight is 214 g/mol. The van der Waals surface area contributed by atoms with Gasteiger partial charge in [0.1, 0.15) is 0 Å². The van der Waals surface area contributed by atoms with E-state index in [-0.39, 0.29) is 0 Å². The van der Waals surface area contributed by atoms with E-state index >= 15 is 0 Å². The van der Waals surface area contributed by atoms with Crippen LogP contribution in [-0.4, -0.2) is 11.1 Å². The second kappa shape index (κ2) is 13.2. The van der Waals surface area contributed by atoms with E-state index in [1.165, 1.54) is 25.7 Å². The Morgan fingerprint density at radius 3 is 1.87 bits per heavy atom. The highest BCUT2D eigenvalue weighted by atomic mass is 16.4. The molecule has 0 bridgehead atoms. The van der Waals surface area contributed by atoms with E-state index in [1.54, 1.807) is 0 Å².